The van der Waals surface area contributed by atoms with Crippen LogP contribution >= 0.6 is 11.3 Å². The molecule has 1 saturated carbocycles. The van der Waals surface area contributed by atoms with Crippen LogP contribution in [0.3, 0.4) is 0 Å². The van der Waals surface area contributed by atoms with E-state index in [4.69, 9.17) is 4.74 Å². The Morgan fingerprint density at radius 1 is 1.35 bits per heavy atom. The highest BCUT2D eigenvalue weighted by Crippen LogP contribution is 2.36. The molecule has 0 bridgehead atoms. The molecule has 0 spiro atoms. The number of hydrogen-bond acceptors (Lipinski definition) is 4. The van der Waals surface area contributed by atoms with Crippen LogP contribution in [0.25, 0.3) is 0 Å². The van der Waals surface area contributed by atoms with E-state index in [1.165, 1.54) is 19.4 Å². The van der Waals surface area contributed by atoms with E-state index in [-0.39, 0.29) is 0 Å². The molecule has 4 nitrogen and oxygen atoms in total. The van der Waals surface area contributed by atoms with Gasteiger partial charge in [-0.05, 0) is 47.6 Å². The van der Waals surface area contributed by atoms with Gasteiger partial charge in [-0.2, -0.15) is 11.3 Å². The van der Waals surface area contributed by atoms with Crippen LogP contribution in [0, 0.1) is 11.8 Å². The topological polar surface area (TPSA) is 32.8 Å². The predicted octanol–water partition coefficient (Wildman–Crippen LogP) is 2.25. The highest BCUT2D eigenvalue weighted by molar-refractivity contribution is 7.07. The van der Waals surface area contributed by atoms with Crippen molar-refractivity contribution < 1.29 is 9.53 Å². The third-order valence-electron chi connectivity index (χ3n) is 5.71. The molecule has 1 amide bonds. The molecule has 126 valence electrons. The first-order valence-electron chi connectivity index (χ1n) is 8.80. The van der Waals surface area contributed by atoms with Gasteiger partial charge in [-0.1, -0.05) is 0 Å². The lowest BCUT2D eigenvalue weighted by Gasteiger charge is -2.41. The second-order valence-corrected chi connectivity index (χ2v) is 8.13. The molecule has 5 heteroatoms. The average molecular weight is 334 g/mol. The number of piperidine rings is 1. The molecule has 1 aromatic rings. The number of likely N-dealkylation sites (tertiary alicyclic amines) is 2. The van der Waals surface area contributed by atoms with Gasteiger partial charge in [-0.15, -0.1) is 0 Å². The van der Waals surface area contributed by atoms with E-state index in [0.29, 0.717) is 30.4 Å². The van der Waals surface area contributed by atoms with Crippen LogP contribution in [0.15, 0.2) is 16.8 Å². The normalized spacial score (nSPS) is 31.3. The number of carbonyl (C=O) groups excluding carboxylic acids is 1. The molecule has 3 heterocycles. The number of thiophene rings is 1. The van der Waals surface area contributed by atoms with Crippen molar-refractivity contribution in [3.63, 3.8) is 0 Å². The Morgan fingerprint density at radius 2 is 2.22 bits per heavy atom. The van der Waals surface area contributed by atoms with Gasteiger partial charge >= 0.3 is 0 Å². The van der Waals surface area contributed by atoms with Gasteiger partial charge in [0.1, 0.15) is 0 Å². The number of nitrogens with zero attached hydrogens (tertiary/aromatic N) is 2. The molecule has 3 atom stereocenters. The lowest BCUT2D eigenvalue weighted by atomic mass is 9.88. The van der Waals surface area contributed by atoms with Gasteiger partial charge in [0, 0.05) is 39.2 Å². The third-order valence-corrected chi connectivity index (χ3v) is 6.44. The second kappa shape index (κ2) is 6.54. The number of fused-ring (bicyclic) bond motifs is 1. The summed E-state index contributed by atoms with van der Waals surface area (Å²) in [4.78, 5) is 17.6. The number of hydrogen-bond donors (Lipinski definition) is 0. The predicted molar refractivity (Wildman–Crippen MR) is 91.6 cm³/mol. The fraction of sp³-hybridized carbons (Fsp3) is 0.722. The maximum Gasteiger partial charge on any atom is 0.227 e. The van der Waals surface area contributed by atoms with E-state index >= 15 is 0 Å². The van der Waals surface area contributed by atoms with Gasteiger partial charge in [0.2, 0.25) is 5.91 Å². The van der Waals surface area contributed by atoms with E-state index in [2.05, 4.69) is 26.6 Å². The molecule has 1 aliphatic carbocycles. The maximum atomic E-state index is 12.8. The third kappa shape index (κ3) is 3.32. The first-order chi connectivity index (χ1) is 11.2. The zero-order chi connectivity index (χ0) is 15.8. The summed E-state index contributed by atoms with van der Waals surface area (Å²) in [5.41, 5.74) is 1.15. The van der Waals surface area contributed by atoms with Gasteiger partial charge in [-0.25, -0.2) is 0 Å². The SMILES string of the molecule is CO[C@H]1CCN(C(=O)Cc2ccsc2)[C@@H]2CN(CC3CC3)C[C@H]12. The Morgan fingerprint density at radius 3 is 2.91 bits per heavy atom. The highest BCUT2D eigenvalue weighted by Gasteiger charge is 2.46. The summed E-state index contributed by atoms with van der Waals surface area (Å²) >= 11 is 1.67. The summed E-state index contributed by atoms with van der Waals surface area (Å²) in [6.07, 6.45) is 4.62. The monoisotopic (exact) mass is 334 g/mol. The largest absolute Gasteiger partial charge is 0.381 e. The van der Waals surface area contributed by atoms with E-state index in [1.54, 1.807) is 11.3 Å². The number of rotatable bonds is 5. The second-order valence-electron chi connectivity index (χ2n) is 7.35. The molecule has 2 saturated heterocycles. The smallest absolute Gasteiger partial charge is 0.227 e. The molecular formula is C18H26N2O2S. The fourth-order valence-corrected chi connectivity index (χ4v) is 4.99. The molecule has 4 rings (SSSR count). The lowest BCUT2D eigenvalue weighted by molar-refractivity contribution is -0.138. The van der Waals surface area contributed by atoms with Crippen molar-refractivity contribution >= 4 is 17.2 Å². The van der Waals surface area contributed by atoms with E-state index in [9.17, 15) is 4.79 Å². The first kappa shape index (κ1) is 15.6. The van der Waals surface area contributed by atoms with Crippen molar-refractivity contribution in [1.82, 2.24) is 9.80 Å². The molecule has 2 aliphatic heterocycles. The Kier molecular flexibility index (Phi) is 4.43. The van der Waals surface area contributed by atoms with Crippen LogP contribution in [0.2, 0.25) is 0 Å². The van der Waals surface area contributed by atoms with Crippen molar-refractivity contribution in [3.8, 4) is 0 Å². The number of methoxy groups -OCH3 is 1. The minimum atomic E-state index is 0.293. The molecule has 1 aromatic heterocycles. The fourth-order valence-electron chi connectivity index (χ4n) is 4.32. The molecule has 0 unspecified atom stereocenters. The zero-order valence-electron chi connectivity index (χ0n) is 13.8. The van der Waals surface area contributed by atoms with Crippen molar-refractivity contribution in [2.24, 2.45) is 11.8 Å². The summed E-state index contributed by atoms with van der Waals surface area (Å²) in [5, 5.41) is 4.14. The molecule has 3 fully saturated rings. The molecule has 0 N–H and O–H groups in total. The molecule has 3 aliphatic rings. The Labute approximate surface area is 142 Å². The Balaban J connectivity index is 1.45. The number of amides is 1. The summed E-state index contributed by atoms with van der Waals surface area (Å²) < 4.78 is 5.74. The van der Waals surface area contributed by atoms with Gasteiger partial charge < -0.3 is 14.5 Å². The van der Waals surface area contributed by atoms with Crippen LogP contribution in [-0.4, -0.2) is 61.1 Å². The van der Waals surface area contributed by atoms with E-state index in [1.807, 2.05) is 7.11 Å². The van der Waals surface area contributed by atoms with Gasteiger partial charge in [0.25, 0.3) is 0 Å². The van der Waals surface area contributed by atoms with Crippen molar-refractivity contribution in [2.75, 3.05) is 33.3 Å². The summed E-state index contributed by atoms with van der Waals surface area (Å²) in [6.45, 7) is 4.20. The van der Waals surface area contributed by atoms with Gasteiger partial charge in [0.05, 0.1) is 18.6 Å². The van der Waals surface area contributed by atoms with E-state index < -0.39 is 0 Å². The van der Waals surface area contributed by atoms with Crippen LogP contribution in [0.5, 0.6) is 0 Å². The van der Waals surface area contributed by atoms with Gasteiger partial charge in [-0.3, -0.25) is 4.79 Å². The number of carbonyl (C=O) groups is 1. The standard InChI is InChI=1S/C18H26N2O2S/c1-22-17-4-6-20(18(21)8-14-5-7-23-12-14)16-11-19(10-15(16)17)9-13-2-3-13/h5,7,12-13,15-17H,2-4,6,8-11H2,1H3/t15-,16+,17-/m0/s1. The van der Waals surface area contributed by atoms with Crippen LogP contribution in [0.1, 0.15) is 24.8 Å². The summed E-state index contributed by atoms with van der Waals surface area (Å²) in [6, 6.07) is 2.41. The van der Waals surface area contributed by atoms with Crippen molar-refractivity contribution in [1.29, 1.82) is 0 Å². The molecule has 0 aromatic carbocycles. The van der Waals surface area contributed by atoms with Crippen molar-refractivity contribution in [3.05, 3.63) is 22.4 Å². The minimum absolute atomic E-state index is 0.293. The Hall–Kier alpha value is -0.910. The van der Waals surface area contributed by atoms with Gasteiger partial charge in [0.15, 0.2) is 0 Å². The van der Waals surface area contributed by atoms with Crippen molar-refractivity contribution in [2.45, 2.75) is 37.8 Å². The lowest BCUT2D eigenvalue weighted by Crippen LogP contribution is -2.54. The quantitative estimate of drug-likeness (QED) is 0.828. The number of ether oxygens (including phenoxy) is 1. The average Bonchev–Trinajstić information content (AvgIpc) is 3.04. The Bertz CT molecular complexity index is 543. The van der Waals surface area contributed by atoms with Crippen LogP contribution in [0.4, 0.5) is 0 Å². The maximum absolute atomic E-state index is 12.8. The highest BCUT2D eigenvalue weighted by atomic mass is 32.1. The summed E-state index contributed by atoms with van der Waals surface area (Å²) in [5.74, 6) is 1.69. The molecular weight excluding hydrogens is 308 g/mol. The van der Waals surface area contributed by atoms with Crippen LogP contribution in [-0.2, 0) is 16.0 Å². The summed E-state index contributed by atoms with van der Waals surface area (Å²) in [7, 11) is 1.83. The molecule has 0 radical (unpaired) electrons. The first-order valence-corrected chi connectivity index (χ1v) is 9.74. The van der Waals surface area contributed by atoms with Crippen LogP contribution < -0.4 is 0 Å². The zero-order valence-corrected chi connectivity index (χ0v) is 14.6. The minimum Gasteiger partial charge on any atom is -0.381 e. The molecule has 23 heavy (non-hydrogen) atoms. The van der Waals surface area contributed by atoms with E-state index in [0.717, 1.165) is 37.5 Å².